The number of aliphatic imine (C=N–C) groups is 1. The Bertz CT molecular complexity index is 273. The zero-order chi connectivity index (χ0) is 13.6. The molecule has 0 saturated carbocycles. The molecule has 0 amide bonds. The van der Waals surface area contributed by atoms with Gasteiger partial charge in [0.25, 0.3) is 0 Å². The van der Waals surface area contributed by atoms with Gasteiger partial charge < -0.3 is 11.1 Å². The van der Waals surface area contributed by atoms with E-state index in [9.17, 15) is 0 Å². The summed E-state index contributed by atoms with van der Waals surface area (Å²) in [6, 6.07) is 0. The number of guanidine groups is 1. The monoisotopic (exact) mass is 254 g/mol. The van der Waals surface area contributed by atoms with Gasteiger partial charge in [-0.2, -0.15) is 0 Å². The van der Waals surface area contributed by atoms with E-state index in [0.717, 1.165) is 25.4 Å². The summed E-state index contributed by atoms with van der Waals surface area (Å²) in [6.07, 6.45) is 3.73. The van der Waals surface area contributed by atoms with Gasteiger partial charge in [-0.25, -0.2) is 0 Å². The second-order valence-corrected chi connectivity index (χ2v) is 6.13. The molecule has 0 aromatic heterocycles. The number of nitrogens with one attached hydrogen (secondary N) is 1. The highest BCUT2D eigenvalue weighted by Gasteiger charge is 2.29. The first-order valence-electron chi connectivity index (χ1n) is 7.24. The lowest BCUT2D eigenvalue weighted by atomic mass is 9.94. The minimum atomic E-state index is 0.104. The number of hydrogen-bond donors (Lipinski definition) is 2. The van der Waals surface area contributed by atoms with Crippen molar-refractivity contribution >= 4 is 5.96 Å². The van der Waals surface area contributed by atoms with Crippen LogP contribution in [0.15, 0.2) is 4.99 Å². The summed E-state index contributed by atoms with van der Waals surface area (Å²) in [7, 11) is 0. The summed E-state index contributed by atoms with van der Waals surface area (Å²) in [6.45, 7) is 13.0. The summed E-state index contributed by atoms with van der Waals surface area (Å²) in [5, 5.41) is 3.13. The van der Waals surface area contributed by atoms with Crippen LogP contribution in [0.1, 0.15) is 47.0 Å². The van der Waals surface area contributed by atoms with Gasteiger partial charge in [0, 0.05) is 18.6 Å². The number of nitrogens with zero attached hydrogens (tertiary/aromatic N) is 2. The molecule has 1 fully saturated rings. The fraction of sp³-hybridized carbons (Fsp3) is 0.929. The van der Waals surface area contributed by atoms with Crippen molar-refractivity contribution in [2.24, 2.45) is 16.6 Å². The maximum atomic E-state index is 5.84. The lowest BCUT2D eigenvalue weighted by Gasteiger charge is -2.42. The van der Waals surface area contributed by atoms with E-state index in [1.54, 1.807) is 0 Å². The Morgan fingerprint density at radius 1 is 1.50 bits per heavy atom. The molecule has 18 heavy (non-hydrogen) atoms. The Hall–Kier alpha value is -0.770. The molecule has 1 aliphatic rings. The van der Waals surface area contributed by atoms with Crippen LogP contribution in [-0.2, 0) is 0 Å². The van der Waals surface area contributed by atoms with Crippen LogP contribution in [0.4, 0.5) is 0 Å². The first-order chi connectivity index (χ1) is 8.45. The third-order valence-electron chi connectivity index (χ3n) is 3.71. The maximum Gasteiger partial charge on any atom is 0.188 e. The van der Waals surface area contributed by atoms with Crippen molar-refractivity contribution in [2.45, 2.75) is 52.5 Å². The molecule has 0 radical (unpaired) electrons. The van der Waals surface area contributed by atoms with Crippen LogP contribution < -0.4 is 11.1 Å². The molecule has 1 atom stereocenters. The quantitative estimate of drug-likeness (QED) is 0.581. The first kappa shape index (κ1) is 15.3. The van der Waals surface area contributed by atoms with Crippen molar-refractivity contribution in [1.82, 2.24) is 10.2 Å². The minimum Gasteiger partial charge on any atom is -0.370 e. The lowest BCUT2D eigenvalue weighted by Crippen LogP contribution is -2.51. The summed E-state index contributed by atoms with van der Waals surface area (Å²) >= 11 is 0. The Balaban J connectivity index is 2.47. The second-order valence-electron chi connectivity index (χ2n) is 6.13. The molecule has 4 heteroatoms. The van der Waals surface area contributed by atoms with E-state index in [-0.39, 0.29) is 5.54 Å². The van der Waals surface area contributed by atoms with E-state index in [4.69, 9.17) is 5.73 Å². The van der Waals surface area contributed by atoms with Gasteiger partial charge >= 0.3 is 0 Å². The van der Waals surface area contributed by atoms with Crippen molar-refractivity contribution in [3.8, 4) is 0 Å². The predicted octanol–water partition coefficient (Wildman–Crippen LogP) is 1.81. The summed E-state index contributed by atoms with van der Waals surface area (Å²) in [4.78, 5) is 7.03. The van der Waals surface area contributed by atoms with Crippen molar-refractivity contribution in [3.05, 3.63) is 0 Å². The molecule has 4 nitrogen and oxygen atoms in total. The van der Waals surface area contributed by atoms with Gasteiger partial charge in [0.1, 0.15) is 0 Å². The molecule has 0 aliphatic carbocycles. The topological polar surface area (TPSA) is 53.6 Å². The van der Waals surface area contributed by atoms with Crippen LogP contribution in [0.2, 0.25) is 0 Å². The largest absolute Gasteiger partial charge is 0.370 e. The molecule has 106 valence electrons. The maximum absolute atomic E-state index is 5.84. The third-order valence-corrected chi connectivity index (χ3v) is 3.71. The van der Waals surface area contributed by atoms with E-state index < -0.39 is 0 Å². The van der Waals surface area contributed by atoms with Gasteiger partial charge in [0.05, 0.1) is 6.54 Å². The Morgan fingerprint density at radius 2 is 2.22 bits per heavy atom. The fourth-order valence-corrected chi connectivity index (χ4v) is 2.43. The molecule has 1 unspecified atom stereocenters. The zero-order valence-electron chi connectivity index (χ0n) is 12.5. The van der Waals surface area contributed by atoms with Gasteiger partial charge in [0.2, 0.25) is 0 Å². The highest BCUT2D eigenvalue weighted by atomic mass is 15.2. The summed E-state index contributed by atoms with van der Waals surface area (Å²) in [5.74, 6) is 1.38. The highest BCUT2D eigenvalue weighted by molar-refractivity contribution is 5.77. The Labute approximate surface area is 112 Å². The van der Waals surface area contributed by atoms with E-state index in [0.29, 0.717) is 5.96 Å². The number of hydrogen-bond acceptors (Lipinski definition) is 2. The van der Waals surface area contributed by atoms with Crippen LogP contribution in [0, 0.1) is 5.92 Å². The Kier molecular flexibility index (Phi) is 5.93. The Morgan fingerprint density at radius 3 is 2.83 bits per heavy atom. The minimum absolute atomic E-state index is 0.104. The summed E-state index contributed by atoms with van der Waals surface area (Å²) < 4.78 is 0. The number of likely N-dealkylation sites (tertiary alicyclic amines) is 1. The standard InChI is InChI=1S/C14H30N4/c1-5-8-16-13(15)17-11-14(3,4)18-9-6-7-12(2)10-18/h12H,5-11H2,1-4H3,(H3,15,16,17). The molecule has 0 aromatic rings. The average Bonchev–Trinajstić information content (AvgIpc) is 2.34. The third kappa shape index (κ3) is 4.84. The molecule has 0 bridgehead atoms. The molecule has 0 aromatic carbocycles. The fourth-order valence-electron chi connectivity index (χ4n) is 2.43. The second kappa shape index (κ2) is 6.98. The van der Waals surface area contributed by atoms with Crippen LogP contribution >= 0.6 is 0 Å². The van der Waals surface area contributed by atoms with E-state index in [1.807, 2.05) is 0 Å². The number of piperidine rings is 1. The lowest BCUT2D eigenvalue weighted by molar-refractivity contribution is 0.0775. The van der Waals surface area contributed by atoms with Crippen molar-refractivity contribution in [3.63, 3.8) is 0 Å². The van der Waals surface area contributed by atoms with Crippen molar-refractivity contribution in [2.75, 3.05) is 26.2 Å². The molecule has 1 saturated heterocycles. The van der Waals surface area contributed by atoms with Crippen LogP contribution in [0.25, 0.3) is 0 Å². The van der Waals surface area contributed by atoms with Crippen LogP contribution in [-0.4, -0.2) is 42.6 Å². The predicted molar refractivity (Wildman–Crippen MR) is 78.8 cm³/mol. The van der Waals surface area contributed by atoms with E-state index in [2.05, 4.69) is 42.9 Å². The number of rotatable bonds is 5. The van der Waals surface area contributed by atoms with Crippen LogP contribution in [0.3, 0.4) is 0 Å². The van der Waals surface area contributed by atoms with Gasteiger partial charge in [-0.15, -0.1) is 0 Å². The molecule has 1 aliphatic heterocycles. The summed E-state index contributed by atoms with van der Waals surface area (Å²) in [5.41, 5.74) is 5.95. The number of nitrogens with two attached hydrogens (primary N) is 1. The van der Waals surface area contributed by atoms with Gasteiger partial charge in [0.15, 0.2) is 5.96 Å². The first-order valence-corrected chi connectivity index (χ1v) is 7.24. The molecule has 3 N–H and O–H groups in total. The van der Waals surface area contributed by atoms with Gasteiger partial charge in [-0.1, -0.05) is 13.8 Å². The van der Waals surface area contributed by atoms with Crippen molar-refractivity contribution < 1.29 is 0 Å². The molecular formula is C14H30N4. The zero-order valence-corrected chi connectivity index (χ0v) is 12.5. The van der Waals surface area contributed by atoms with E-state index >= 15 is 0 Å². The smallest absolute Gasteiger partial charge is 0.188 e. The highest BCUT2D eigenvalue weighted by Crippen LogP contribution is 2.23. The van der Waals surface area contributed by atoms with Crippen LogP contribution in [0.5, 0.6) is 0 Å². The molecule has 1 rings (SSSR count). The van der Waals surface area contributed by atoms with Gasteiger partial charge in [-0.3, -0.25) is 9.89 Å². The van der Waals surface area contributed by atoms with Crippen molar-refractivity contribution in [1.29, 1.82) is 0 Å². The molecule has 1 heterocycles. The molecular weight excluding hydrogens is 224 g/mol. The normalized spacial score (nSPS) is 23.1. The van der Waals surface area contributed by atoms with Gasteiger partial charge in [-0.05, 0) is 45.6 Å². The molecule has 0 spiro atoms. The average molecular weight is 254 g/mol. The van der Waals surface area contributed by atoms with E-state index in [1.165, 1.54) is 25.9 Å². The SMILES string of the molecule is CCCNC(N)=NCC(C)(C)N1CCCC(C)C1.